The highest BCUT2D eigenvalue weighted by atomic mass is 16.5. The van der Waals surface area contributed by atoms with Crippen molar-refractivity contribution in [2.75, 3.05) is 25.1 Å². The van der Waals surface area contributed by atoms with Gasteiger partial charge in [0.05, 0.1) is 36.6 Å². The maximum atomic E-state index is 13.8. The van der Waals surface area contributed by atoms with Crippen molar-refractivity contribution in [3.8, 4) is 5.88 Å². The fourth-order valence-corrected chi connectivity index (χ4v) is 4.72. The molecule has 1 fully saturated rings. The minimum absolute atomic E-state index is 0.146. The molecule has 2 aliphatic heterocycles. The van der Waals surface area contributed by atoms with Gasteiger partial charge in [0.15, 0.2) is 0 Å². The minimum atomic E-state index is -0.478. The van der Waals surface area contributed by atoms with Gasteiger partial charge in [0, 0.05) is 25.5 Å². The molecule has 5 rings (SSSR count). The Balaban J connectivity index is 1.43. The molecule has 2 aliphatic rings. The van der Waals surface area contributed by atoms with Crippen LogP contribution in [-0.2, 0) is 23.8 Å². The van der Waals surface area contributed by atoms with Gasteiger partial charge in [-0.05, 0) is 43.6 Å². The second-order valence-corrected chi connectivity index (χ2v) is 8.03. The first-order valence-electron chi connectivity index (χ1n) is 10.2. The lowest BCUT2D eigenvalue weighted by Gasteiger charge is -2.38. The topological polar surface area (TPSA) is 63.5 Å². The summed E-state index contributed by atoms with van der Waals surface area (Å²) in [5, 5.41) is 0. The molecule has 0 bridgehead atoms. The van der Waals surface area contributed by atoms with Crippen LogP contribution in [0.25, 0.3) is 0 Å². The maximum Gasteiger partial charge on any atom is 0.242 e. The fraction of sp³-hybridized carbons (Fsp3) is 0.348. The third kappa shape index (κ3) is 2.89. The van der Waals surface area contributed by atoms with Crippen molar-refractivity contribution < 1.29 is 9.53 Å². The predicted molar refractivity (Wildman–Crippen MR) is 114 cm³/mol. The number of methoxy groups -OCH3 is 1. The quantitative estimate of drug-likeness (QED) is 0.670. The number of ether oxygens (including phenoxy) is 1. The van der Waals surface area contributed by atoms with Gasteiger partial charge in [-0.1, -0.05) is 18.2 Å². The summed E-state index contributed by atoms with van der Waals surface area (Å²) in [6, 6.07) is 11.9. The predicted octanol–water partition coefficient (Wildman–Crippen LogP) is 3.04. The first-order chi connectivity index (χ1) is 14.6. The number of anilines is 2. The number of nitrogens with zero attached hydrogens (tertiary/aromatic N) is 5. The third-order valence-electron chi connectivity index (χ3n) is 6.46. The molecule has 0 saturated carbocycles. The highest BCUT2D eigenvalue weighted by Crippen LogP contribution is 2.50. The van der Waals surface area contributed by atoms with Crippen LogP contribution in [0, 0.1) is 0 Å². The third-order valence-corrected chi connectivity index (χ3v) is 6.46. The van der Waals surface area contributed by atoms with Crippen LogP contribution in [-0.4, -0.2) is 45.5 Å². The van der Waals surface area contributed by atoms with E-state index >= 15 is 0 Å². The Morgan fingerprint density at radius 1 is 1.10 bits per heavy atom. The van der Waals surface area contributed by atoms with Gasteiger partial charge in [0.2, 0.25) is 11.8 Å². The number of aryl methyl sites for hydroxylation is 1. The molecule has 3 aromatic rings. The molecule has 1 spiro atoms. The zero-order chi connectivity index (χ0) is 20.7. The Bertz CT molecular complexity index is 1070. The Hall–Kier alpha value is -3.19. The van der Waals surface area contributed by atoms with Gasteiger partial charge in [-0.15, -0.1) is 0 Å². The number of likely N-dealkylation sites (tertiary alicyclic amines) is 1. The highest BCUT2D eigenvalue weighted by molar-refractivity contribution is 6.13. The summed E-state index contributed by atoms with van der Waals surface area (Å²) in [7, 11) is 3.61. The summed E-state index contributed by atoms with van der Waals surface area (Å²) in [6.45, 7) is 2.53. The van der Waals surface area contributed by atoms with E-state index in [1.807, 2.05) is 48.6 Å². The molecule has 7 nitrogen and oxygen atoms in total. The molecule has 7 heteroatoms. The number of aromatic nitrogens is 3. The number of carbonyl (C=O) groups is 1. The van der Waals surface area contributed by atoms with Gasteiger partial charge in [0.25, 0.3) is 0 Å². The molecule has 1 saturated heterocycles. The molecular weight excluding hydrogens is 378 g/mol. The van der Waals surface area contributed by atoms with E-state index in [0.717, 1.165) is 55.2 Å². The van der Waals surface area contributed by atoms with Crippen molar-refractivity contribution in [3.63, 3.8) is 0 Å². The van der Waals surface area contributed by atoms with Crippen molar-refractivity contribution >= 4 is 17.3 Å². The average Bonchev–Trinajstić information content (AvgIpc) is 3.29. The first-order valence-corrected chi connectivity index (χ1v) is 10.2. The van der Waals surface area contributed by atoms with Crippen LogP contribution in [0.3, 0.4) is 0 Å². The molecule has 2 aromatic heterocycles. The fourth-order valence-electron chi connectivity index (χ4n) is 4.72. The number of hydrogen-bond donors (Lipinski definition) is 0. The molecule has 0 radical (unpaired) electrons. The van der Waals surface area contributed by atoms with Gasteiger partial charge in [0.1, 0.15) is 5.82 Å². The monoisotopic (exact) mass is 403 g/mol. The number of pyridine rings is 1. The van der Waals surface area contributed by atoms with Crippen molar-refractivity contribution in [2.45, 2.75) is 24.8 Å². The van der Waals surface area contributed by atoms with Crippen LogP contribution in [0.2, 0.25) is 0 Å². The SMILES string of the molecule is COc1ccc(N2C(=O)C3(CCN(Cc4nccn4C)CC3)c3ccccc32)cn1. The number of fused-ring (bicyclic) bond motifs is 2. The Morgan fingerprint density at radius 3 is 2.57 bits per heavy atom. The number of benzene rings is 1. The second-order valence-electron chi connectivity index (χ2n) is 8.03. The summed E-state index contributed by atoms with van der Waals surface area (Å²) in [6.07, 6.45) is 7.11. The van der Waals surface area contributed by atoms with E-state index < -0.39 is 5.41 Å². The molecular formula is C23H25N5O2. The summed E-state index contributed by atoms with van der Waals surface area (Å²) >= 11 is 0. The Morgan fingerprint density at radius 2 is 1.90 bits per heavy atom. The minimum Gasteiger partial charge on any atom is -0.481 e. The lowest BCUT2D eigenvalue weighted by Crippen LogP contribution is -2.47. The Kier molecular flexibility index (Phi) is 4.55. The summed E-state index contributed by atoms with van der Waals surface area (Å²) in [5.41, 5.74) is 2.39. The van der Waals surface area contributed by atoms with E-state index in [2.05, 4.69) is 25.5 Å². The van der Waals surface area contributed by atoms with E-state index in [1.165, 1.54) is 0 Å². The van der Waals surface area contributed by atoms with Crippen LogP contribution in [0.4, 0.5) is 11.4 Å². The smallest absolute Gasteiger partial charge is 0.242 e. The summed E-state index contributed by atoms with van der Waals surface area (Å²) in [4.78, 5) is 26.8. The molecule has 0 atom stereocenters. The van der Waals surface area contributed by atoms with Gasteiger partial charge >= 0.3 is 0 Å². The second kappa shape index (κ2) is 7.25. The summed E-state index contributed by atoms with van der Waals surface area (Å²) < 4.78 is 7.23. The molecule has 154 valence electrons. The number of para-hydroxylation sites is 1. The zero-order valence-electron chi connectivity index (χ0n) is 17.3. The van der Waals surface area contributed by atoms with Crippen LogP contribution in [0.15, 0.2) is 55.0 Å². The molecule has 1 amide bonds. The largest absolute Gasteiger partial charge is 0.481 e. The normalized spacial score (nSPS) is 18.1. The number of amides is 1. The first kappa shape index (κ1) is 18.8. The van der Waals surface area contributed by atoms with E-state index in [9.17, 15) is 4.79 Å². The van der Waals surface area contributed by atoms with Gasteiger partial charge in [-0.3, -0.25) is 14.6 Å². The van der Waals surface area contributed by atoms with Crippen LogP contribution < -0.4 is 9.64 Å². The molecule has 4 heterocycles. The van der Waals surface area contributed by atoms with E-state index in [0.29, 0.717) is 5.88 Å². The molecule has 30 heavy (non-hydrogen) atoms. The molecule has 0 N–H and O–H groups in total. The standard InChI is InChI=1S/C23H25N5O2/c1-26-14-11-24-20(26)16-27-12-9-23(10-13-27)18-5-3-4-6-19(18)28(22(23)29)17-7-8-21(30-2)25-15-17/h3-8,11,14-15H,9-10,12-13,16H2,1-2H3. The Labute approximate surface area is 175 Å². The summed E-state index contributed by atoms with van der Waals surface area (Å²) in [5.74, 6) is 1.73. The number of carbonyl (C=O) groups excluding carboxylic acids is 1. The number of imidazole rings is 1. The van der Waals surface area contributed by atoms with Crippen LogP contribution >= 0.6 is 0 Å². The van der Waals surface area contributed by atoms with Crippen LogP contribution in [0.5, 0.6) is 5.88 Å². The van der Waals surface area contributed by atoms with Crippen molar-refractivity contribution in [1.29, 1.82) is 0 Å². The van der Waals surface area contributed by atoms with Gasteiger partial charge in [-0.25, -0.2) is 9.97 Å². The lowest BCUT2D eigenvalue weighted by molar-refractivity contribution is -0.124. The van der Waals surface area contributed by atoms with Crippen LogP contribution in [0.1, 0.15) is 24.2 Å². The number of piperidine rings is 1. The van der Waals surface area contributed by atoms with Gasteiger partial charge in [-0.2, -0.15) is 0 Å². The zero-order valence-corrected chi connectivity index (χ0v) is 17.3. The molecule has 0 aliphatic carbocycles. The van der Waals surface area contributed by atoms with E-state index in [1.54, 1.807) is 19.4 Å². The molecule has 0 unspecified atom stereocenters. The maximum absolute atomic E-state index is 13.8. The van der Waals surface area contributed by atoms with Crippen molar-refractivity contribution in [3.05, 3.63) is 66.4 Å². The number of rotatable bonds is 4. The van der Waals surface area contributed by atoms with Crippen molar-refractivity contribution in [2.24, 2.45) is 7.05 Å². The average molecular weight is 403 g/mol. The van der Waals surface area contributed by atoms with E-state index in [4.69, 9.17) is 4.74 Å². The highest BCUT2D eigenvalue weighted by Gasteiger charge is 2.52. The lowest BCUT2D eigenvalue weighted by atomic mass is 9.73. The van der Waals surface area contributed by atoms with E-state index in [-0.39, 0.29) is 5.91 Å². The van der Waals surface area contributed by atoms with Crippen molar-refractivity contribution in [1.82, 2.24) is 19.4 Å². The molecule has 1 aromatic carbocycles. The number of hydrogen-bond acceptors (Lipinski definition) is 5. The van der Waals surface area contributed by atoms with Gasteiger partial charge < -0.3 is 9.30 Å².